The predicted octanol–water partition coefficient (Wildman–Crippen LogP) is 1.77. The maximum Gasteiger partial charge on any atom is 0.326 e. The smallest absolute Gasteiger partial charge is 0.326 e. The Bertz CT molecular complexity index is 535. The van der Waals surface area contributed by atoms with Gasteiger partial charge >= 0.3 is 5.97 Å². The number of rotatable bonds is 4. The first kappa shape index (κ1) is 15.2. The fourth-order valence-corrected chi connectivity index (χ4v) is 2.33. The number of likely N-dealkylation sites (tertiary alicyclic amines) is 1. The summed E-state index contributed by atoms with van der Waals surface area (Å²) in [5.41, 5.74) is 0. The third-order valence-electron chi connectivity index (χ3n) is 3.51. The van der Waals surface area contributed by atoms with Gasteiger partial charge in [-0.2, -0.15) is 0 Å². The number of halogens is 2. The molecule has 0 aromatic heterocycles. The SMILES string of the molecule is CC1N(C(=O)COc2ccccc2)C(C(=O)O)CC1(F)F. The molecule has 1 N–H and O–H groups in total. The molecule has 2 unspecified atom stereocenters. The number of ether oxygens (including phenoxy) is 1. The average Bonchev–Trinajstić information content (AvgIpc) is 2.69. The van der Waals surface area contributed by atoms with Gasteiger partial charge in [0.1, 0.15) is 11.8 Å². The van der Waals surface area contributed by atoms with Gasteiger partial charge in [-0.15, -0.1) is 0 Å². The Morgan fingerprint density at radius 3 is 2.57 bits per heavy atom. The number of alkyl halides is 2. The molecule has 1 aromatic carbocycles. The molecule has 1 amide bonds. The van der Waals surface area contributed by atoms with Gasteiger partial charge in [-0.25, -0.2) is 13.6 Å². The molecule has 0 saturated carbocycles. The number of para-hydroxylation sites is 1. The Labute approximate surface area is 120 Å². The molecule has 21 heavy (non-hydrogen) atoms. The van der Waals surface area contributed by atoms with Gasteiger partial charge in [0.25, 0.3) is 11.8 Å². The van der Waals surface area contributed by atoms with Crippen molar-refractivity contribution in [2.24, 2.45) is 0 Å². The number of aliphatic carboxylic acids is 1. The Hall–Kier alpha value is -2.18. The fraction of sp³-hybridized carbons (Fsp3) is 0.429. The van der Waals surface area contributed by atoms with E-state index >= 15 is 0 Å². The Kier molecular flexibility index (Phi) is 4.11. The van der Waals surface area contributed by atoms with Crippen molar-refractivity contribution in [1.29, 1.82) is 0 Å². The van der Waals surface area contributed by atoms with Crippen molar-refractivity contribution in [3.8, 4) is 5.75 Å². The van der Waals surface area contributed by atoms with Crippen LogP contribution in [0.5, 0.6) is 5.75 Å². The van der Waals surface area contributed by atoms with E-state index < -0.39 is 42.9 Å². The molecule has 0 radical (unpaired) electrons. The molecule has 1 fully saturated rings. The van der Waals surface area contributed by atoms with Crippen LogP contribution >= 0.6 is 0 Å². The largest absolute Gasteiger partial charge is 0.484 e. The third kappa shape index (κ3) is 3.12. The minimum Gasteiger partial charge on any atom is -0.484 e. The number of carbonyl (C=O) groups excluding carboxylic acids is 1. The summed E-state index contributed by atoms with van der Waals surface area (Å²) in [6, 6.07) is 5.40. The molecule has 1 aliphatic rings. The number of carboxylic acid groups (broad SMARTS) is 1. The number of carbonyl (C=O) groups is 2. The Morgan fingerprint density at radius 1 is 1.38 bits per heavy atom. The summed E-state index contributed by atoms with van der Waals surface area (Å²) in [5.74, 6) is -5.01. The first-order valence-corrected chi connectivity index (χ1v) is 6.42. The quantitative estimate of drug-likeness (QED) is 0.920. The normalized spacial score (nSPS) is 23.9. The van der Waals surface area contributed by atoms with Crippen molar-refractivity contribution >= 4 is 11.9 Å². The molecule has 1 heterocycles. The number of amides is 1. The predicted molar refractivity (Wildman–Crippen MR) is 69.2 cm³/mol. The van der Waals surface area contributed by atoms with Crippen LogP contribution in [0.1, 0.15) is 13.3 Å². The highest BCUT2D eigenvalue weighted by Crippen LogP contribution is 2.38. The van der Waals surface area contributed by atoms with Gasteiger partial charge in [0, 0.05) is 6.42 Å². The second kappa shape index (κ2) is 5.67. The third-order valence-corrected chi connectivity index (χ3v) is 3.51. The van der Waals surface area contributed by atoms with Gasteiger partial charge in [-0.05, 0) is 19.1 Å². The minimum absolute atomic E-state index is 0.413. The van der Waals surface area contributed by atoms with Gasteiger partial charge in [-0.3, -0.25) is 4.79 Å². The molecule has 114 valence electrons. The first-order valence-electron chi connectivity index (χ1n) is 6.42. The number of nitrogens with zero attached hydrogens (tertiary/aromatic N) is 1. The van der Waals surface area contributed by atoms with E-state index in [1.54, 1.807) is 30.3 Å². The summed E-state index contributed by atoms with van der Waals surface area (Å²) < 4.78 is 32.4. The van der Waals surface area contributed by atoms with Crippen LogP contribution < -0.4 is 4.74 Å². The van der Waals surface area contributed by atoms with Crippen LogP contribution in [0.4, 0.5) is 8.78 Å². The maximum atomic E-state index is 13.6. The molecule has 2 rings (SSSR count). The zero-order valence-electron chi connectivity index (χ0n) is 11.3. The number of hydrogen-bond donors (Lipinski definition) is 1. The molecule has 1 aliphatic heterocycles. The van der Waals surface area contributed by atoms with Crippen molar-refractivity contribution in [3.05, 3.63) is 30.3 Å². The van der Waals surface area contributed by atoms with E-state index in [9.17, 15) is 18.4 Å². The van der Waals surface area contributed by atoms with Crippen LogP contribution in [0, 0.1) is 0 Å². The molecule has 2 atom stereocenters. The number of carboxylic acids is 1. The highest BCUT2D eigenvalue weighted by Gasteiger charge is 2.55. The zero-order valence-corrected chi connectivity index (χ0v) is 11.3. The lowest BCUT2D eigenvalue weighted by atomic mass is 10.1. The van der Waals surface area contributed by atoms with Crippen LogP contribution in [0.2, 0.25) is 0 Å². The van der Waals surface area contributed by atoms with Crippen molar-refractivity contribution in [1.82, 2.24) is 4.90 Å². The molecule has 0 spiro atoms. The Morgan fingerprint density at radius 2 is 2.00 bits per heavy atom. The average molecular weight is 299 g/mol. The second-order valence-electron chi connectivity index (χ2n) is 4.90. The molecule has 5 nitrogen and oxygen atoms in total. The van der Waals surface area contributed by atoms with Crippen LogP contribution in [0.15, 0.2) is 30.3 Å². The van der Waals surface area contributed by atoms with Crippen molar-refractivity contribution < 1.29 is 28.2 Å². The molecule has 0 bridgehead atoms. The molecule has 1 saturated heterocycles. The van der Waals surface area contributed by atoms with Gasteiger partial charge in [0.05, 0.1) is 6.04 Å². The van der Waals surface area contributed by atoms with E-state index in [4.69, 9.17) is 9.84 Å². The summed E-state index contributed by atoms with van der Waals surface area (Å²) in [4.78, 5) is 23.8. The standard InChI is InChI=1S/C14H15F2NO4/c1-9-14(15,16)7-11(13(19)20)17(9)12(18)8-21-10-5-3-2-4-6-10/h2-6,9,11H,7-8H2,1H3,(H,19,20). The highest BCUT2D eigenvalue weighted by atomic mass is 19.3. The summed E-state index contributed by atoms with van der Waals surface area (Å²) >= 11 is 0. The molecular weight excluding hydrogens is 284 g/mol. The summed E-state index contributed by atoms with van der Waals surface area (Å²) in [6.07, 6.45) is -0.874. The number of hydrogen-bond acceptors (Lipinski definition) is 3. The summed E-state index contributed by atoms with van der Waals surface area (Å²) in [7, 11) is 0. The first-order chi connectivity index (χ1) is 9.83. The molecule has 0 aliphatic carbocycles. The van der Waals surface area contributed by atoms with Gasteiger partial charge < -0.3 is 14.7 Å². The van der Waals surface area contributed by atoms with Crippen molar-refractivity contribution in [2.75, 3.05) is 6.61 Å². The highest BCUT2D eigenvalue weighted by molar-refractivity contribution is 5.85. The van der Waals surface area contributed by atoms with E-state index in [-0.39, 0.29) is 0 Å². The van der Waals surface area contributed by atoms with E-state index in [1.807, 2.05) is 0 Å². The zero-order chi connectivity index (χ0) is 15.6. The van der Waals surface area contributed by atoms with E-state index in [1.165, 1.54) is 0 Å². The number of benzene rings is 1. The fourth-order valence-electron chi connectivity index (χ4n) is 2.33. The monoisotopic (exact) mass is 299 g/mol. The van der Waals surface area contributed by atoms with Gasteiger partial charge in [0.15, 0.2) is 6.61 Å². The second-order valence-corrected chi connectivity index (χ2v) is 4.90. The minimum atomic E-state index is -3.22. The molecule has 7 heteroatoms. The van der Waals surface area contributed by atoms with E-state index in [2.05, 4.69) is 0 Å². The van der Waals surface area contributed by atoms with Crippen LogP contribution in [-0.2, 0) is 9.59 Å². The van der Waals surface area contributed by atoms with Gasteiger partial charge in [-0.1, -0.05) is 18.2 Å². The Balaban J connectivity index is 2.07. The molecule has 1 aromatic rings. The lowest BCUT2D eigenvalue weighted by Crippen LogP contribution is -2.47. The van der Waals surface area contributed by atoms with E-state index in [0.717, 1.165) is 6.92 Å². The van der Waals surface area contributed by atoms with Gasteiger partial charge in [0.2, 0.25) is 0 Å². The van der Waals surface area contributed by atoms with E-state index in [0.29, 0.717) is 10.6 Å². The van der Waals surface area contributed by atoms with Crippen LogP contribution in [-0.4, -0.2) is 46.5 Å². The van der Waals surface area contributed by atoms with Crippen molar-refractivity contribution in [2.45, 2.75) is 31.4 Å². The van der Waals surface area contributed by atoms with Crippen LogP contribution in [0.3, 0.4) is 0 Å². The lowest BCUT2D eigenvalue weighted by Gasteiger charge is -2.26. The summed E-state index contributed by atoms with van der Waals surface area (Å²) in [5, 5.41) is 9.00. The van der Waals surface area contributed by atoms with Crippen molar-refractivity contribution in [3.63, 3.8) is 0 Å². The molecular formula is C14H15F2NO4. The summed E-state index contributed by atoms with van der Waals surface area (Å²) in [6.45, 7) is 0.664. The topological polar surface area (TPSA) is 66.8 Å². The maximum absolute atomic E-state index is 13.6. The lowest BCUT2D eigenvalue weighted by molar-refractivity contribution is -0.150. The van der Waals surface area contributed by atoms with Crippen LogP contribution in [0.25, 0.3) is 0 Å².